The molecule has 1 aliphatic heterocycles. The van der Waals surface area contributed by atoms with E-state index in [0.29, 0.717) is 11.8 Å². The highest BCUT2D eigenvalue weighted by molar-refractivity contribution is 6.05. The van der Waals surface area contributed by atoms with Crippen LogP contribution < -0.4 is 9.64 Å². The van der Waals surface area contributed by atoms with E-state index in [9.17, 15) is 4.79 Å². The third-order valence-electron chi connectivity index (χ3n) is 5.49. The maximum atomic E-state index is 12.9. The average Bonchev–Trinajstić information content (AvgIpc) is 3.37. The number of H-pyrrole nitrogens is 1. The van der Waals surface area contributed by atoms with Crippen molar-refractivity contribution in [3.8, 4) is 23.7 Å². The predicted octanol–water partition coefficient (Wildman–Crippen LogP) is 3.54. The number of rotatable bonds is 4. The minimum absolute atomic E-state index is 0.209. The van der Waals surface area contributed by atoms with Crippen molar-refractivity contribution < 1.29 is 9.53 Å². The van der Waals surface area contributed by atoms with Gasteiger partial charge in [-0.25, -0.2) is 15.2 Å². The van der Waals surface area contributed by atoms with Crippen LogP contribution in [0.25, 0.3) is 22.3 Å². The Morgan fingerprint density at radius 3 is 2.71 bits per heavy atom. The van der Waals surface area contributed by atoms with Crippen molar-refractivity contribution in [3.05, 3.63) is 36.7 Å². The number of pyridine rings is 2. The molecule has 1 unspecified atom stereocenters. The van der Waals surface area contributed by atoms with Crippen LogP contribution in [-0.2, 0) is 4.79 Å². The molecule has 28 heavy (non-hydrogen) atoms. The molecule has 1 amide bonds. The predicted molar refractivity (Wildman–Crippen MR) is 106 cm³/mol. The highest BCUT2D eigenvalue weighted by Gasteiger charge is 2.42. The fourth-order valence-corrected chi connectivity index (χ4v) is 3.97. The minimum Gasteiger partial charge on any atom is -0.481 e. The van der Waals surface area contributed by atoms with Gasteiger partial charge >= 0.3 is 0 Å². The summed E-state index contributed by atoms with van der Waals surface area (Å²) in [7, 11) is 1.60. The molecule has 142 valence electrons. The smallest absolute Gasteiger partial charge is 0.230 e. The molecule has 1 aliphatic carbocycles. The van der Waals surface area contributed by atoms with Gasteiger partial charge in [-0.15, -0.1) is 0 Å². The van der Waals surface area contributed by atoms with Gasteiger partial charge < -0.3 is 14.6 Å². The van der Waals surface area contributed by atoms with Gasteiger partial charge in [0.05, 0.1) is 12.8 Å². The topological polar surface area (TPSA) is 94.9 Å². The summed E-state index contributed by atoms with van der Waals surface area (Å²) in [6, 6.07) is 7.82. The molecule has 5 rings (SSSR count). The summed E-state index contributed by atoms with van der Waals surface area (Å²) in [5.74, 6) is 1.65. The highest BCUT2D eigenvalue weighted by Crippen LogP contribution is 2.44. The van der Waals surface area contributed by atoms with Crippen LogP contribution in [0.3, 0.4) is 0 Å². The second-order valence-corrected chi connectivity index (χ2v) is 7.08. The Hall–Kier alpha value is -3.40. The van der Waals surface area contributed by atoms with Gasteiger partial charge in [0, 0.05) is 54.1 Å². The van der Waals surface area contributed by atoms with E-state index in [0.717, 1.165) is 40.9 Å². The van der Waals surface area contributed by atoms with Gasteiger partial charge in [0.1, 0.15) is 5.65 Å². The van der Waals surface area contributed by atoms with Gasteiger partial charge in [-0.2, -0.15) is 0 Å². The first-order valence-electron chi connectivity index (χ1n) is 9.30. The first-order valence-corrected chi connectivity index (χ1v) is 9.30. The first kappa shape index (κ1) is 18.0. The number of ether oxygens (including phenoxy) is 1. The van der Waals surface area contributed by atoms with Gasteiger partial charge in [-0.1, -0.05) is 0 Å². The summed E-state index contributed by atoms with van der Waals surface area (Å²) in [4.78, 5) is 26.8. The van der Waals surface area contributed by atoms with Crippen molar-refractivity contribution in [2.24, 2.45) is 11.8 Å². The zero-order valence-corrected chi connectivity index (χ0v) is 15.6. The lowest BCUT2D eigenvalue weighted by Crippen LogP contribution is -2.27. The molecule has 0 radical (unpaired) electrons. The largest absolute Gasteiger partial charge is 0.481 e. The van der Waals surface area contributed by atoms with Crippen LogP contribution in [0.4, 0.5) is 5.69 Å². The molecule has 1 atom stereocenters. The van der Waals surface area contributed by atoms with Gasteiger partial charge in [0.2, 0.25) is 11.8 Å². The van der Waals surface area contributed by atoms with Crippen LogP contribution in [0, 0.1) is 23.7 Å². The summed E-state index contributed by atoms with van der Waals surface area (Å²) in [5, 5.41) is 7.48. The molecule has 1 N–H and O–H groups in total. The van der Waals surface area contributed by atoms with Gasteiger partial charge in [-0.05, 0) is 43.4 Å². The van der Waals surface area contributed by atoms with Crippen LogP contribution in [0.1, 0.15) is 19.3 Å². The van der Waals surface area contributed by atoms with Crippen LogP contribution in [0.5, 0.6) is 5.88 Å². The molecule has 4 heterocycles. The van der Waals surface area contributed by atoms with Crippen molar-refractivity contribution in [2.45, 2.75) is 19.3 Å². The summed E-state index contributed by atoms with van der Waals surface area (Å²) in [5.41, 5.74) is 3.65. The van der Waals surface area contributed by atoms with Crippen molar-refractivity contribution >= 4 is 22.6 Å². The number of fused-ring (bicyclic) bond motifs is 1. The second-order valence-electron chi connectivity index (χ2n) is 7.08. The Morgan fingerprint density at radius 2 is 1.96 bits per heavy atom. The normalized spacial score (nSPS) is 18.8. The molecule has 1 saturated carbocycles. The zero-order chi connectivity index (χ0) is 19.7. The van der Waals surface area contributed by atoms with Crippen LogP contribution in [0.2, 0.25) is 0 Å². The minimum atomic E-state index is 0.209. The SMILES string of the molecule is C#N.COc1cc(-c2cc3c(N4CCC(C5CC5)C4=O)ccnc3[nH]2)ccn1. The van der Waals surface area contributed by atoms with E-state index in [1.165, 1.54) is 12.8 Å². The number of nitriles is 1. The number of methoxy groups -OCH3 is 1. The fraction of sp³-hybridized carbons (Fsp3) is 0.333. The third kappa shape index (κ3) is 3.07. The Bertz CT molecular complexity index is 1040. The van der Waals surface area contributed by atoms with Gasteiger partial charge in [0.15, 0.2) is 0 Å². The lowest BCUT2D eigenvalue weighted by Gasteiger charge is -2.17. The number of carbonyl (C=O) groups excluding carboxylic acids is 1. The number of amides is 1. The number of nitrogens with zero attached hydrogens (tertiary/aromatic N) is 4. The first-order chi connectivity index (χ1) is 13.7. The Kier molecular flexibility index (Phi) is 4.70. The highest BCUT2D eigenvalue weighted by atomic mass is 16.5. The molecule has 2 fully saturated rings. The number of hydrogen-bond acceptors (Lipinski definition) is 5. The lowest BCUT2D eigenvalue weighted by atomic mass is 10.0. The number of anilines is 1. The lowest BCUT2D eigenvalue weighted by molar-refractivity contribution is -0.120. The Labute approximate surface area is 163 Å². The summed E-state index contributed by atoms with van der Waals surface area (Å²) >= 11 is 0. The molecule has 0 bridgehead atoms. The number of aromatic amines is 1. The molecule has 7 heteroatoms. The summed E-state index contributed by atoms with van der Waals surface area (Å²) < 4.78 is 5.22. The maximum absolute atomic E-state index is 12.9. The fourth-order valence-electron chi connectivity index (χ4n) is 3.97. The average molecular weight is 375 g/mol. The number of hydrogen-bond donors (Lipinski definition) is 1. The van der Waals surface area contributed by atoms with Crippen molar-refractivity contribution in [1.82, 2.24) is 15.0 Å². The van der Waals surface area contributed by atoms with E-state index in [4.69, 9.17) is 10.00 Å². The van der Waals surface area contributed by atoms with E-state index in [1.54, 1.807) is 19.5 Å². The van der Waals surface area contributed by atoms with Crippen molar-refractivity contribution in [3.63, 3.8) is 0 Å². The molecule has 3 aromatic rings. The quantitative estimate of drug-likeness (QED) is 0.753. The van der Waals surface area contributed by atoms with Crippen LogP contribution in [-0.4, -0.2) is 34.5 Å². The molecular weight excluding hydrogens is 354 g/mol. The number of nitrogens with one attached hydrogen (secondary N) is 1. The molecule has 1 saturated heterocycles. The molecule has 2 aliphatic rings. The number of carbonyl (C=O) groups is 1. The van der Waals surface area contributed by atoms with E-state index < -0.39 is 0 Å². The van der Waals surface area contributed by atoms with Crippen molar-refractivity contribution in [1.29, 1.82) is 5.26 Å². The maximum Gasteiger partial charge on any atom is 0.230 e. The molecule has 3 aromatic heterocycles. The van der Waals surface area contributed by atoms with E-state index in [2.05, 4.69) is 27.6 Å². The van der Waals surface area contributed by atoms with E-state index >= 15 is 0 Å². The molecule has 7 nitrogen and oxygen atoms in total. The molecular formula is C21H21N5O2. The Morgan fingerprint density at radius 1 is 1.18 bits per heavy atom. The van der Waals surface area contributed by atoms with E-state index in [-0.39, 0.29) is 11.8 Å². The van der Waals surface area contributed by atoms with Gasteiger partial charge in [-0.3, -0.25) is 4.79 Å². The number of aromatic nitrogens is 3. The molecule has 0 spiro atoms. The van der Waals surface area contributed by atoms with Crippen LogP contribution >= 0.6 is 0 Å². The van der Waals surface area contributed by atoms with Crippen molar-refractivity contribution in [2.75, 3.05) is 18.6 Å². The standard InChI is InChI=1S/C20H20N4O2.CHN/c1-26-18-10-13(4-7-21-18)16-11-15-17(5-8-22-19(15)23-16)24-9-6-14(20(24)25)12-2-3-12;1-2/h4-5,7-8,10-12,14H,2-3,6,9H2,1H3,(H,22,23);1H. The summed E-state index contributed by atoms with van der Waals surface area (Å²) in [6.45, 7) is 4.29. The Balaban J connectivity index is 0.000000932. The monoisotopic (exact) mass is 375 g/mol. The van der Waals surface area contributed by atoms with E-state index in [1.807, 2.05) is 23.1 Å². The molecule has 0 aromatic carbocycles. The third-order valence-corrected chi connectivity index (χ3v) is 5.49. The zero-order valence-electron chi connectivity index (χ0n) is 15.6. The summed E-state index contributed by atoms with van der Waals surface area (Å²) in [6.07, 6.45) is 6.86. The van der Waals surface area contributed by atoms with Crippen LogP contribution in [0.15, 0.2) is 36.7 Å². The van der Waals surface area contributed by atoms with Gasteiger partial charge in [0.25, 0.3) is 0 Å². The second kappa shape index (κ2) is 7.31.